The molecule has 1 aromatic rings. The van der Waals surface area contributed by atoms with Crippen molar-refractivity contribution in [2.24, 2.45) is 0 Å². The largest absolute Gasteiger partial charge is 0.377 e. The first-order valence-corrected chi connectivity index (χ1v) is 6.05. The molecule has 4 nitrogen and oxygen atoms in total. The lowest BCUT2D eigenvalue weighted by Crippen LogP contribution is -2.39. The second-order valence-corrected chi connectivity index (χ2v) is 4.41. The van der Waals surface area contributed by atoms with Crippen LogP contribution in [0.5, 0.6) is 0 Å². The molecule has 2 N–H and O–H groups in total. The molecular weight excluding hydrogens is 235 g/mol. The molecule has 1 heterocycles. The van der Waals surface area contributed by atoms with E-state index in [1.807, 2.05) is 6.92 Å². The highest BCUT2D eigenvalue weighted by Crippen LogP contribution is 2.12. The molecule has 5 heteroatoms. The quantitative estimate of drug-likeness (QED) is 0.854. The number of amides is 1. The van der Waals surface area contributed by atoms with E-state index >= 15 is 0 Å². The molecule has 2 unspecified atom stereocenters. The van der Waals surface area contributed by atoms with E-state index in [0.29, 0.717) is 5.69 Å². The summed E-state index contributed by atoms with van der Waals surface area (Å²) < 4.78 is 18.3. The number of anilines is 1. The van der Waals surface area contributed by atoms with Crippen LogP contribution in [0.4, 0.5) is 10.1 Å². The third kappa shape index (κ3) is 3.51. The Morgan fingerprint density at radius 1 is 1.56 bits per heavy atom. The number of carbonyl (C=O) groups excluding carboxylic acids is 1. The van der Waals surface area contributed by atoms with Gasteiger partial charge in [-0.3, -0.25) is 4.79 Å². The van der Waals surface area contributed by atoms with Gasteiger partial charge < -0.3 is 15.4 Å². The predicted molar refractivity (Wildman–Crippen MR) is 66.9 cm³/mol. The Morgan fingerprint density at radius 2 is 2.39 bits per heavy atom. The first kappa shape index (κ1) is 13.0. The zero-order valence-corrected chi connectivity index (χ0v) is 10.3. The first-order chi connectivity index (χ1) is 8.65. The molecule has 0 radical (unpaired) electrons. The van der Waals surface area contributed by atoms with Crippen LogP contribution in [0.15, 0.2) is 24.3 Å². The molecule has 98 valence electrons. The van der Waals surface area contributed by atoms with E-state index in [4.69, 9.17) is 4.74 Å². The molecule has 0 spiro atoms. The molecule has 18 heavy (non-hydrogen) atoms. The van der Waals surface area contributed by atoms with Gasteiger partial charge in [-0.25, -0.2) is 4.39 Å². The third-order valence-corrected chi connectivity index (χ3v) is 3.01. The highest BCUT2D eigenvalue weighted by atomic mass is 19.1. The molecule has 1 amide bonds. The zero-order chi connectivity index (χ0) is 13.0. The van der Waals surface area contributed by atoms with E-state index in [9.17, 15) is 9.18 Å². The van der Waals surface area contributed by atoms with Crippen molar-refractivity contribution in [2.75, 3.05) is 18.5 Å². The SMILES string of the molecule is CC1OCCC1NCC(=O)Nc1cccc(F)c1. The van der Waals surface area contributed by atoms with E-state index in [0.717, 1.165) is 13.0 Å². The van der Waals surface area contributed by atoms with Gasteiger partial charge in [-0.1, -0.05) is 6.07 Å². The molecular formula is C13H17FN2O2. The Hall–Kier alpha value is -1.46. The fourth-order valence-corrected chi connectivity index (χ4v) is 1.99. The van der Waals surface area contributed by atoms with Crippen molar-refractivity contribution in [2.45, 2.75) is 25.5 Å². The van der Waals surface area contributed by atoms with Gasteiger partial charge in [-0.15, -0.1) is 0 Å². The normalized spacial score (nSPS) is 23.0. The van der Waals surface area contributed by atoms with Crippen molar-refractivity contribution in [3.8, 4) is 0 Å². The van der Waals surface area contributed by atoms with Crippen molar-refractivity contribution >= 4 is 11.6 Å². The molecule has 1 aliphatic rings. The summed E-state index contributed by atoms with van der Waals surface area (Å²) in [6.07, 6.45) is 1.04. The summed E-state index contributed by atoms with van der Waals surface area (Å²) in [4.78, 5) is 11.7. The van der Waals surface area contributed by atoms with Crippen molar-refractivity contribution in [1.82, 2.24) is 5.32 Å². The van der Waals surface area contributed by atoms with Gasteiger partial charge in [0.15, 0.2) is 0 Å². The van der Waals surface area contributed by atoms with Crippen molar-refractivity contribution in [3.63, 3.8) is 0 Å². The monoisotopic (exact) mass is 252 g/mol. The zero-order valence-electron chi connectivity index (χ0n) is 10.3. The highest BCUT2D eigenvalue weighted by Gasteiger charge is 2.23. The average molecular weight is 252 g/mol. The van der Waals surface area contributed by atoms with E-state index in [2.05, 4.69) is 10.6 Å². The molecule has 2 atom stereocenters. The van der Waals surface area contributed by atoms with Gasteiger partial charge in [0.05, 0.1) is 12.6 Å². The number of nitrogens with one attached hydrogen (secondary N) is 2. The Kier molecular flexibility index (Phi) is 4.28. The van der Waals surface area contributed by atoms with Gasteiger partial charge in [0.2, 0.25) is 5.91 Å². The Labute approximate surface area is 106 Å². The van der Waals surface area contributed by atoms with E-state index in [1.165, 1.54) is 12.1 Å². The summed E-state index contributed by atoms with van der Waals surface area (Å²) in [6, 6.07) is 6.06. The van der Waals surface area contributed by atoms with Crippen LogP contribution < -0.4 is 10.6 Å². The summed E-state index contributed by atoms with van der Waals surface area (Å²) in [5.74, 6) is -0.543. The average Bonchev–Trinajstić information content (AvgIpc) is 2.72. The molecule has 0 bridgehead atoms. The van der Waals surface area contributed by atoms with Gasteiger partial charge in [-0.05, 0) is 31.5 Å². The number of ether oxygens (including phenoxy) is 1. The predicted octanol–water partition coefficient (Wildman–Crippen LogP) is 1.53. The van der Waals surface area contributed by atoms with E-state index in [1.54, 1.807) is 12.1 Å². The number of halogens is 1. The van der Waals surface area contributed by atoms with Gasteiger partial charge in [0.1, 0.15) is 5.82 Å². The molecule has 0 aromatic heterocycles. The molecule has 1 aliphatic heterocycles. The minimum Gasteiger partial charge on any atom is -0.377 e. The van der Waals surface area contributed by atoms with Gasteiger partial charge in [-0.2, -0.15) is 0 Å². The topological polar surface area (TPSA) is 50.4 Å². The lowest BCUT2D eigenvalue weighted by Gasteiger charge is -2.15. The fourth-order valence-electron chi connectivity index (χ4n) is 1.99. The van der Waals surface area contributed by atoms with Gasteiger partial charge >= 0.3 is 0 Å². The minimum absolute atomic E-state index is 0.131. The van der Waals surface area contributed by atoms with Crippen LogP contribution in [0.25, 0.3) is 0 Å². The maximum Gasteiger partial charge on any atom is 0.238 e. The van der Waals surface area contributed by atoms with Crippen LogP contribution >= 0.6 is 0 Å². The molecule has 0 saturated carbocycles. The first-order valence-electron chi connectivity index (χ1n) is 6.05. The number of hydrogen-bond acceptors (Lipinski definition) is 3. The minimum atomic E-state index is -0.362. The summed E-state index contributed by atoms with van der Waals surface area (Å²) in [5.41, 5.74) is 0.470. The molecule has 0 aliphatic carbocycles. The van der Waals surface area contributed by atoms with Crippen LogP contribution in [0.2, 0.25) is 0 Å². The van der Waals surface area contributed by atoms with Crippen LogP contribution in [0, 0.1) is 5.82 Å². The second kappa shape index (κ2) is 5.93. The van der Waals surface area contributed by atoms with Gasteiger partial charge in [0.25, 0.3) is 0 Å². The number of hydrogen-bond donors (Lipinski definition) is 2. The summed E-state index contributed by atoms with van der Waals surface area (Å²) in [5, 5.41) is 5.77. The summed E-state index contributed by atoms with van der Waals surface area (Å²) in [7, 11) is 0. The Morgan fingerprint density at radius 3 is 3.06 bits per heavy atom. The molecule has 1 aromatic carbocycles. The van der Waals surface area contributed by atoms with E-state index in [-0.39, 0.29) is 30.4 Å². The maximum absolute atomic E-state index is 12.9. The second-order valence-electron chi connectivity index (χ2n) is 4.41. The smallest absolute Gasteiger partial charge is 0.238 e. The van der Waals surface area contributed by atoms with Gasteiger partial charge in [0, 0.05) is 18.3 Å². The standard InChI is InChI=1S/C13H17FN2O2/c1-9-12(5-6-18-9)15-8-13(17)16-11-4-2-3-10(14)7-11/h2-4,7,9,12,15H,5-6,8H2,1H3,(H,16,17). The fraction of sp³-hybridized carbons (Fsp3) is 0.462. The Bertz CT molecular complexity index is 425. The van der Waals surface area contributed by atoms with Crippen LogP contribution in [-0.4, -0.2) is 31.2 Å². The molecule has 1 fully saturated rings. The lowest BCUT2D eigenvalue weighted by atomic mass is 10.1. The van der Waals surface area contributed by atoms with Crippen LogP contribution in [0.3, 0.4) is 0 Å². The van der Waals surface area contributed by atoms with Crippen LogP contribution in [0.1, 0.15) is 13.3 Å². The molecule has 2 rings (SSSR count). The lowest BCUT2D eigenvalue weighted by molar-refractivity contribution is -0.115. The van der Waals surface area contributed by atoms with Crippen molar-refractivity contribution < 1.29 is 13.9 Å². The summed E-state index contributed by atoms with van der Waals surface area (Å²) in [6.45, 7) is 2.91. The number of benzene rings is 1. The maximum atomic E-state index is 12.9. The molecule has 1 saturated heterocycles. The number of rotatable bonds is 4. The van der Waals surface area contributed by atoms with E-state index < -0.39 is 0 Å². The third-order valence-electron chi connectivity index (χ3n) is 3.01. The number of carbonyl (C=O) groups is 1. The van der Waals surface area contributed by atoms with Crippen molar-refractivity contribution in [3.05, 3.63) is 30.1 Å². The summed E-state index contributed by atoms with van der Waals surface area (Å²) >= 11 is 0. The highest BCUT2D eigenvalue weighted by molar-refractivity contribution is 5.92. The Balaban J connectivity index is 1.78. The van der Waals surface area contributed by atoms with Crippen LogP contribution in [-0.2, 0) is 9.53 Å². The van der Waals surface area contributed by atoms with Crippen molar-refractivity contribution in [1.29, 1.82) is 0 Å².